The number of rotatable bonds is 8. The summed E-state index contributed by atoms with van der Waals surface area (Å²) >= 11 is 0. The summed E-state index contributed by atoms with van der Waals surface area (Å²) in [4.78, 5) is 24.3. The summed E-state index contributed by atoms with van der Waals surface area (Å²) in [5, 5.41) is 2.88. The molecule has 2 aromatic rings. The number of benzene rings is 2. The van der Waals surface area contributed by atoms with Crippen molar-refractivity contribution in [1.29, 1.82) is 0 Å². The molecule has 0 saturated carbocycles. The maximum atomic E-state index is 12.5. The van der Waals surface area contributed by atoms with Gasteiger partial charge in [0.05, 0.1) is 19.1 Å². The monoisotopic (exact) mass is 341 g/mol. The molecule has 2 aromatic carbocycles. The van der Waals surface area contributed by atoms with Gasteiger partial charge in [-0.15, -0.1) is 0 Å². The fraction of sp³-hybridized carbons (Fsp3) is 0.300. The number of hydrogen-bond donors (Lipinski definition) is 1. The molecule has 0 radical (unpaired) electrons. The number of carbonyl (C=O) groups is 2. The van der Waals surface area contributed by atoms with E-state index in [4.69, 9.17) is 9.47 Å². The third-order valence-corrected chi connectivity index (χ3v) is 3.62. The molecular weight excluding hydrogens is 318 g/mol. The van der Waals surface area contributed by atoms with Crippen molar-refractivity contribution in [1.82, 2.24) is 5.32 Å². The van der Waals surface area contributed by atoms with Crippen molar-refractivity contribution in [2.24, 2.45) is 0 Å². The van der Waals surface area contributed by atoms with Gasteiger partial charge in [-0.2, -0.15) is 0 Å². The zero-order valence-corrected chi connectivity index (χ0v) is 14.5. The standard InChI is InChI=1S/C20H23NO4/c1-3-24-19(22)14-18(16-10-6-4-7-11-16)21-20(23)15(2)25-17-12-8-5-9-13-17/h4-13,15,18H,3,14H2,1-2H3,(H,21,23)/t15-,18-/m0/s1. The minimum atomic E-state index is -0.684. The average molecular weight is 341 g/mol. The molecule has 0 aliphatic carbocycles. The number of amides is 1. The van der Waals surface area contributed by atoms with Crippen LogP contribution in [-0.2, 0) is 14.3 Å². The van der Waals surface area contributed by atoms with Crippen LogP contribution in [0, 0.1) is 0 Å². The van der Waals surface area contributed by atoms with Crippen molar-refractivity contribution in [2.45, 2.75) is 32.4 Å². The van der Waals surface area contributed by atoms with Gasteiger partial charge >= 0.3 is 5.97 Å². The van der Waals surface area contributed by atoms with Crippen LogP contribution in [0.4, 0.5) is 0 Å². The van der Waals surface area contributed by atoms with E-state index < -0.39 is 12.1 Å². The first-order valence-electron chi connectivity index (χ1n) is 8.32. The van der Waals surface area contributed by atoms with Gasteiger partial charge in [0.15, 0.2) is 6.10 Å². The Morgan fingerprint density at radius 2 is 1.60 bits per heavy atom. The van der Waals surface area contributed by atoms with Crippen LogP contribution < -0.4 is 10.1 Å². The summed E-state index contributed by atoms with van der Waals surface area (Å²) in [6.45, 7) is 3.74. The zero-order valence-electron chi connectivity index (χ0n) is 14.5. The van der Waals surface area contributed by atoms with Gasteiger partial charge in [0.1, 0.15) is 5.75 Å². The van der Waals surface area contributed by atoms with Crippen molar-refractivity contribution in [2.75, 3.05) is 6.61 Å². The highest BCUT2D eigenvalue weighted by atomic mass is 16.5. The lowest BCUT2D eigenvalue weighted by Crippen LogP contribution is -2.39. The van der Waals surface area contributed by atoms with Crippen LogP contribution in [-0.4, -0.2) is 24.6 Å². The first-order chi connectivity index (χ1) is 12.1. The van der Waals surface area contributed by atoms with E-state index in [2.05, 4.69) is 5.32 Å². The van der Waals surface area contributed by atoms with Crippen LogP contribution in [0.5, 0.6) is 5.75 Å². The molecule has 1 amide bonds. The van der Waals surface area contributed by atoms with E-state index >= 15 is 0 Å². The molecule has 0 aliphatic heterocycles. The average Bonchev–Trinajstić information content (AvgIpc) is 2.63. The topological polar surface area (TPSA) is 64.6 Å². The van der Waals surface area contributed by atoms with Crippen LogP contribution >= 0.6 is 0 Å². The Morgan fingerprint density at radius 3 is 2.20 bits per heavy atom. The molecule has 2 atom stereocenters. The highest BCUT2D eigenvalue weighted by Crippen LogP contribution is 2.18. The van der Waals surface area contributed by atoms with E-state index in [0.29, 0.717) is 12.4 Å². The minimum absolute atomic E-state index is 0.0711. The van der Waals surface area contributed by atoms with Gasteiger partial charge in [0, 0.05) is 0 Å². The van der Waals surface area contributed by atoms with Crippen LogP contribution in [0.2, 0.25) is 0 Å². The summed E-state index contributed by atoms with van der Waals surface area (Å²) in [5.74, 6) is -0.0258. The Balaban J connectivity index is 2.04. The number of esters is 1. The van der Waals surface area contributed by atoms with Crippen molar-refractivity contribution < 1.29 is 19.1 Å². The molecule has 0 spiro atoms. The molecule has 0 unspecified atom stereocenters. The molecule has 132 valence electrons. The van der Waals surface area contributed by atoms with E-state index in [1.54, 1.807) is 26.0 Å². The van der Waals surface area contributed by atoms with Crippen LogP contribution in [0.15, 0.2) is 60.7 Å². The molecule has 0 bridgehead atoms. The minimum Gasteiger partial charge on any atom is -0.481 e. The largest absolute Gasteiger partial charge is 0.481 e. The third kappa shape index (κ3) is 5.95. The van der Waals surface area contributed by atoms with E-state index in [0.717, 1.165) is 5.56 Å². The second-order valence-electron chi connectivity index (χ2n) is 5.55. The number of hydrogen-bond acceptors (Lipinski definition) is 4. The van der Waals surface area contributed by atoms with Gasteiger partial charge in [-0.25, -0.2) is 0 Å². The first kappa shape index (κ1) is 18.5. The molecule has 0 aromatic heterocycles. The van der Waals surface area contributed by atoms with Gasteiger partial charge in [-0.1, -0.05) is 48.5 Å². The number of para-hydroxylation sites is 1. The highest BCUT2D eigenvalue weighted by molar-refractivity contribution is 5.82. The second kappa shape index (κ2) is 9.47. The highest BCUT2D eigenvalue weighted by Gasteiger charge is 2.23. The lowest BCUT2D eigenvalue weighted by atomic mass is 10.0. The normalized spacial score (nSPS) is 12.7. The molecule has 0 heterocycles. The molecule has 5 heteroatoms. The smallest absolute Gasteiger partial charge is 0.308 e. The van der Waals surface area contributed by atoms with E-state index in [9.17, 15) is 9.59 Å². The molecule has 2 rings (SSSR count). The van der Waals surface area contributed by atoms with Gasteiger partial charge in [0.2, 0.25) is 0 Å². The van der Waals surface area contributed by atoms with Crippen molar-refractivity contribution >= 4 is 11.9 Å². The zero-order chi connectivity index (χ0) is 18.1. The molecule has 0 saturated heterocycles. The Labute approximate surface area is 148 Å². The fourth-order valence-corrected chi connectivity index (χ4v) is 2.37. The Morgan fingerprint density at radius 1 is 1.00 bits per heavy atom. The Bertz CT molecular complexity index is 673. The molecular formula is C20H23NO4. The van der Waals surface area contributed by atoms with Crippen molar-refractivity contribution in [3.63, 3.8) is 0 Å². The predicted octanol–water partition coefficient (Wildman–Crippen LogP) is 3.26. The molecule has 5 nitrogen and oxygen atoms in total. The summed E-state index contributed by atoms with van der Waals surface area (Å²) < 4.78 is 10.6. The van der Waals surface area contributed by atoms with E-state index in [-0.39, 0.29) is 18.3 Å². The Kier molecular flexibility index (Phi) is 7.01. The molecule has 25 heavy (non-hydrogen) atoms. The summed E-state index contributed by atoms with van der Waals surface area (Å²) in [7, 11) is 0. The Hall–Kier alpha value is -2.82. The first-order valence-corrected chi connectivity index (χ1v) is 8.32. The summed E-state index contributed by atoms with van der Waals surface area (Å²) in [6, 6.07) is 18.0. The SMILES string of the molecule is CCOC(=O)C[C@H](NC(=O)[C@H](C)Oc1ccccc1)c1ccccc1. The number of nitrogens with one attached hydrogen (secondary N) is 1. The lowest BCUT2D eigenvalue weighted by Gasteiger charge is -2.21. The van der Waals surface area contributed by atoms with E-state index in [1.807, 2.05) is 48.5 Å². The number of ether oxygens (including phenoxy) is 2. The summed E-state index contributed by atoms with van der Waals surface area (Å²) in [6.07, 6.45) is -0.613. The van der Waals surface area contributed by atoms with Gasteiger partial charge < -0.3 is 14.8 Å². The van der Waals surface area contributed by atoms with Crippen LogP contribution in [0.1, 0.15) is 31.9 Å². The van der Waals surface area contributed by atoms with Crippen molar-refractivity contribution in [3.05, 3.63) is 66.2 Å². The van der Waals surface area contributed by atoms with Gasteiger partial charge in [-0.3, -0.25) is 9.59 Å². The third-order valence-electron chi connectivity index (χ3n) is 3.62. The van der Waals surface area contributed by atoms with E-state index in [1.165, 1.54) is 0 Å². The number of carbonyl (C=O) groups excluding carboxylic acids is 2. The lowest BCUT2D eigenvalue weighted by molar-refractivity contribution is -0.144. The quantitative estimate of drug-likeness (QED) is 0.749. The van der Waals surface area contributed by atoms with Crippen LogP contribution in [0.3, 0.4) is 0 Å². The van der Waals surface area contributed by atoms with Gasteiger partial charge in [-0.05, 0) is 31.5 Å². The van der Waals surface area contributed by atoms with Crippen LogP contribution in [0.25, 0.3) is 0 Å². The molecule has 0 fully saturated rings. The second-order valence-corrected chi connectivity index (χ2v) is 5.55. The van der Waals surface area contributed by atoms with Gasteiger partial charge in [0.25, 0.3) is 5.91 Å². The fourth-order valence-electron chi connectivity index (χ4n) is 2.37. The maximum absolute atomic E-state index is 12.5. The molecule has 0 aliphatic rings. The summed E-state index contributed by atoms with van der Waals surface area (Å²) in [5.41, 5.74) is 0.843. The van der Waals surface area contributed by atoms with Crippen molar-refractivity contribution in [3.8, 4) is 5.75 Å². The predicted molar refractivity (Wildman–Crippen MR) is 95.1 cm³/mol. The molecule has 1 N–H and O–H groups in total. The maximum Gasteiger partial charge on any atom is 0.308 e.